The average Bonchev–Trinajstić information content (AvgIpc) is 2.86. The monoisotopic (exact) mass is 254 g/mol. The van der Waals surface area contributed by atoms with E-state index in [2.05, 4.69) is 16.8 Å². The standard InChI is InChI=1S/C12H22N4O2/c1-2-15-3-4-18-10(6-15)7-16-9-14-5-12(16)11(13)8-17/h5,9-11,17H,2-4,6-8,13H2,1H3. The summed E-state index contributed by atoms with van der Waals surface area (Å²) in [6.07, 6.45) is 3.62. The molecule has 1 aliphatic rings. The van der Waals surface area contributed by atoms with Crippen molar-refractivity contribution < 1.29 is 9.84 Å². The van der Waals surface area contributed by atoms with Crippen molar-refractivity contribution in [1.82, 2.24) is 14.5 Å². The molecule has 1 aliphatic heterocycles. The third-order valence-corrected chi connectivity index (χ3v) is 3.39. The molecule has 1 fully saturated rings. The minimum Gasteiger partial charge on any atom is -0.394 e. The van der Waals surface area contributed by atoms with E-state index >= 15 is 0 Å². The van der Waals surface area contributed by atoms with Gasteiger partial charge < -0.3 is 20.1 Å². The van der Waals surface area contributed by atoms with Gasteiger partial charge in [0.25, 0.3) is 0 Å². The van der Waals surface area contributed by atoms with Gasteiger partial charge in [-0.25, -0.2) is 4.98 Å². The first-order valence-corrected chi connectivity index (χ1v) is 6.45. The first-order chi connectivity index (χ1) is 8.74. The lowest BCUT2D eigenvalue weighted by atomic mass is 10.2. The van der Waals surface area contributed by atoms with Gasteiger partial charge in [-0.3, -0.25) is 4.90 Å². The second kappa shape index (κ2) is 6.29. The summed E-state index contributed by atoms with van der Waals surface area (Å²) in [5.41, 5.74) is 6.69. The molecule has 2 heterocycles. The molecule has 0 saturated carbocycles. The van der Waals surface area contributed by atoms with Gasteiger partial charge in [0.05, 0.1) is 43.9 Å². The fourth-order valence-corrected chi connectivity index (χ4v) is 2.28. The maximum atomic E-state index is 9.11. The Bertz CT molecular complexity index is 369. The van der Waals surface area contributed by atoms with Crippen molar-refractivity contribution in [2.24, 2.45) is 5.73 Å². The van der Waals surface area contributed by atoms with Gasteiger partial charge in [0, 0.05) is 19.3 Å². The Hall–Kier alpha value is -0.950. The largest absolute Gasteiger partial charge is 0.394 e. The highest BCUT2D eigenvalue weighted by molar-refractivity contribution is 5.04. The highest BCUT2D eigenvalue weighted by Crippen LogP contribution is 2.13. The zero-order chi connectivity index (χ0) is 13.0. The van der Waals surface area contributed by atoms with Crippen molar-refractivity contribution >= 4 is 0 Å². The Kier molecular flexibility index (Phi) is 4.71. The number of imidazole rings is 1. The van der Waals surface area contributed by atoms with E-state index in [0.717, 1.165) is 38.5 Å². The van der Waals surface area contributed by atoms with Crippen LogP contribution in [-0.4, -0.2) is 58.5 Å². The molecule has 0 aromatic carbocycles. The summed E-state index contributed by atoms with van der Waals surface area (Å²) in [6.45, 7) is 6.58. The third kappa shape index (κ3) is 3.08. The van der Waals surface area contributed by atoms with E-state index in [0.29, 0.717) is 0 Å². The number of rotatable bonds is 5. The van der Waals surface area contributed by atoms with Crippen LogP contribution in [0.25, 0.3) is 0 Å². The molecule has 2 atom stereocenters. The maximum Gasteiger partial charge on any atom is 0.0949 e. The van der Waals surface area contributed by atoms with Crippen LogP contribution in [0.2, 0.25) is 0 Å². The fourth-order valence-electron chi connectivity index (χ4n) is 2.28. The molecule has 2 unspecified atom stereocenters. The lowest BCUT2D eigenvalue weighted by Crippen LogP contribution is -2.44. The predicted molar refractivity (Wildman–Crippen MR) is 68.1 cm³/mol. The highest BCUT2D eigenvalue weighted by Gasteiger charge is 2.21. The Morgan fingerprint density at radius 1 is 1.67 bits per heavy atom. The number of morpholine rings is 1. The second-order valence-electron chi connectivity index (χ2n) is 4.65. The Morgan fingerprint density at radius 2 is 2.50 bits per heavy atom. The van der Waals surface area contributed by atoms with Crippen LogP contribution in [0, 0.1) is 0 Å². The van der Waals surface area contributed by atoms with Crippen LogP contribution >= 0.6 is 0 Å². The van der Waals surface area contributed by atoms with Crippen LogP contribution in [0.5, 0.6) is 0 Å². The summed E-state index contributed by atoms with van der Waals surface area (Å²) in [5, 5.41) is 9.11. The molecule has 1 saturated heterocycles. The molecule has 1 aromatic rings. The van der Waals surface area contributed by atoms with Crippen molar-refractivity contribution in [1.29, 1.82) is 0 Å². The molecule has 2 rings (SSSR count). The summed E-state index contributed by atoms with van der Waals surface area (Å²) in [5.74, 6) is 0. The van der Waals surface area contributed by atoms with Gasteiger partial charge in [-0.15, -0.1) is 0 Å². The van der Waals surface area contributed by atoms with Crippen molar-refractivity contribution in [2.75, 3.05) is 32.8 Å². The van der Waals surface area contributed by atoms with Gasteiger partial charge in [-0.05, 0) is 6.54 Å². The van der Waals surface area contributed by atoms with E-state index in [-0.39, 0.29) is 18.8 Å². The van der Waals surface area contributed by atoms with Gasteiger partial charge in [0.2, 0.25) is 0 Å². The van der Waals surface area contributed by atoms with Crippen LogP contribution in [0.1, 0.15) is 18.7 Å². The topological polar surface area (TPSA) is 76.5 Å². The molecule has 0 bridgehead atoms. The van der Waals surface area contributed by atoms with Gasteiger partial charge in [0.15, 0.2) is 0 Å². The zero-order valence-electron chi connectivity index (χ0n) is 10.8. The first kappa shape index (κ1) is 13.5. The number of likely N-dealkylation sites (N-methyl/N-ethyl adjacent to an activating group) is 1. The molecule has 3 N–H and O–H groups in total. The SMILES string of the molecule is CCN1CCOC(Cn2cncc2C(N)CO)C1. The van der Waals surface area contributed by atoms with Crippen molar-refractivity contribution in [3.8, 4) is 0 Å². The molecular weight excluding hydrogens is 232 g/mol. The van der Waals surface area contributed by atoms with Crippen LogP contribution in [0.4, 0.5) is 0 Å². The summed E-state index contributed by atoms with van der Waals surface area (Å²) >= 11 is 0. The summed E-state index contributed by atoms with van der Waals surface area (Å²) in [4.78, 5) is 6.47. The van der Waals surface area contributed by atoms with E-state index in [1.807, 2.05) is 4.57 Å². The molecule has 0 aliphatic carbocycles. The fraction of sp³-hybridized carbons (Fsp3) is 0.750. The predicted octanol–water partition coefficient (Wildman–Crippen LogP) is -0.404. The van der Waals surface area contributed by atoms with E-state index in [1.54, 1.807) is 12.5 Å². The number of hydrogen-bond acceptors (Lipinski definition) is 5. The molecule has 18 heavy (non-hydrogen) atoms. The van der Waals surface area contributed by atoms with Gasteiger partial charge >= 0.3 is 0 Å². The van der Waals surface area contributed by atoms with Crippen molar-refractivity contribution in [2.45, 2.75) is 25.6 Å². The number of aliphatic hydroxyl groups is 1. The second-order valence-corrected chi connectivity index (χ2v) is 4.65. The van der Waals surface area contributed by atoms with Gasteiger partial charge in [-0.2, -0.15) is 0 Å². The molecule has 6 nitrogen and oxygen atoms in total. The third-order valence-electron chi connectivity index (χ3n) is 3.39. The van der Waals surface area contributed by atoms with Gasteiger partial charge in [0.1, 0.15) is 0 Å². The zero-order valence-corrected chi connectivity index (χ0v) is 10.8. The van der Waals surface area contributed by atoms with Crippen LogP contribution in [0.3, 0.4) is 0 Å². The lowest BCUT2D eigenvalue weighted by Gasteiger charge is -2.32. The summed E-state index contributed by atoms with van der Waals surface area (Å²) in [7, 11) is 0. The summed E-state index contributed by atoms with van der Waals surface area (Å²) in [6, 6.07) is -0.377. The number of aliphatic hydroxyl groups excluding tert-OH is 1. The molecule has 0 spiro atoms. The van der Waals surface area contributed by atoms with Crippen LogP contribution in [-0.2, 0) is 11.3 Å². The van der Waals surface area contributed by atoms with Crippen molar-refractivity contribution in [3.63, 3.8) is 0 Å². The van der Waals surface area contributed by atoms with Crippen LogP contribution < -0.4 is 5.73 Å². The Labute approximate surface area is 107 Å². The van der Waals surface area contributed by atoms with Crippen molar-refractivity contribution in [3.05, 3.63) is 18.2 Å². The first-order valence-electron chi connectivity index (χ1n) is 6.45. The molecule has 0 amide bonds. The molecule has 102 valence electrons. The minimum absolute atomic E-state index is 0.0711. The van der Waals surface area contributed by atoms with E-state index in [9.17, 15) is 0 Å². The number of nitrogens with zero attached hydrogens (tertiary/aromatic N) is 3. The normalized spacial score (nSPS) is 23.2. The number of nitrogens with two attached hydrogens (primary N) is 1. The summed E-state index contributed by atoms with van der Waals surface area (Å²) < 4.78 is 7.74. The average molecular weight is 254 g/mol. The van der Waals surface area contributed by atoms with Gasteiger partial charge in [-0.1, -0.05) is 6.92 Å². The number of aromatic nitrogens is 2. The maximum absolute atomic E-state index is 9.11. The van der Waals surface area contributed by atoms with E-state index in [4.69, 9.17) is 15.6 Å². The molecule has 1 aromatic heterocycles. The Balaban J connectivity index is 1.98. The smallest absolute Gasteiger partial charge is 0.0949 e. The highest BCUT2D eigenvalue weighted by atomic mass is 16.5. The molecular formula is C12H22N4O2. The number of hydrogen-bond donors (Lipinski definition) is 2. The quantitative estimate of drug-likeness (QED) is 0.747. The number of ether oxygens (including phenoxy) is 1. The Morgan fingerprint density at radius 3 is 3.22 bits per heavy atom. The minimum atomic E-state index is -0.377. The van der Waals surface area contributed by atoms with Crippen LogP contribution in [0.15, 0.2) is 12.5 Å². The lowest BCUT2D eigenvalue weighted by molar-refractivity contribution is -0.0347. The van der Waals surface area contributed by atoms with E-state index in [1.165, 1.54) is 0 Å². The van der Waals surface area contributed by atoms with E-state index < -0.39 is 0 Å². The molecule has 6 heteroatoms. The molecule has 0 radical (unpaired) electrons.